The first-order chi connectivity index (χ1) is 5.65. The van der Waals surface area contributed by atoms with Gasteiger partial charge in [0.2, 0.25) is 0 Å². The molecule has 0 spiro atoms. The Morgan fingerprint density at radius 1 is 1.75 bits per heavy atom. The van der Waals surface area contributed by atoms with E-state index in [4.69, 9.17) is 4.74 Å². The second-order valence-corrected chi connectivity index (χ2v) is 3.60. The highest BCUT2D eigenvalue weighted by Gasteiger charge is 2.33. The zero-order chi connectivity index (χ0) is 9.14. The summed E-state index contributed by atoms with van der Waals surface area (Å²) in [6, 6.07) is 0. The maximum atomic E-state index is 11.3. The van der Waals surface area contributed by atoms with Crippen molar-refractivity contribution in [1.82, 2.24) is 0 Å². The Balaban J connectivity index is 2.50. The topological polar surface area (TPSA) is 26.3 Å². The Hall–Kier alpha value is -0.630. The molecule has 2 nitrogen and oxygen atoms in total. The number of ketones is 1. The van der Waals surface area contributed by atoms with Crippen LogP contribution in [0.5, 0.6) is 0 Å². The van der Waals surface area contributed by atoms with Crippen LogP contribution in [-0.2, 0) is 9.53 Å². The van der Waals surface area contributed by atoms with Crippen molar-refractivity contribution < 1.29 is 9.53 Å². The summed E-state index contributed by atoms with van der Waals surface area (Å²) in [5, 5.41) is 0. The minimum absolute atomic E-state index is 0.127. The van der Waals surface area contributed by atoms with Crippen LogP contribution in [0, 0.1) is 5.92 Å². The van der Waals surface area contributed by atoms with E-state index >= 15 is 0 Å². The van der Waals surface area contributed by atoms with Crippen LogP contribution < -0.4 is 0 Å². The standard InChI is InChI=1S/C10H16O2/c1-4-5-9-8(11)6-10(12-9)7(2)3/h4,7,9-10H,1,5-6H2,2-3H3/t9-,10+/m1/s1. The van der Waals surface area contributed by atoms with Crippen molar-refractivity contribution in [3.8, 4) is 0 Å². The molecule has 0 amide bonds. The van der Waals surface area contributed by atoms with E-state index in [9.17, 15) is 4.79 Å². The lowest BCUT2D eigenvalue weighted by molar-refractivity contribution is -0.122. The van der Waals surface area contributed by atoms with E-state index in [1.807, 2.05) is 0 Å². The van der Waals surface area contributed by atoms with Gasteiger partial charge in [0.25, 0.3) is 0 Å². The van der Waals surface area contributed by atoms with Gasteiger partial charge in [-0.2, -0.15) is 0 Å². The number of carbonyl (C=O) groups excluding carboxylic acids is 1. The summed E-state index contributed by atoms with van der Waals surface area (Å²) in [7, 11) is 0. The Labute approximate surface area is 73.6 Å². The minimum Gasteiger partial charge on any atom is -0.366 e. The van der Waals surface area contributed by atoms with E-state index in [2.05, 4.69) is 20.4 Å². The third kappa shape index (κ3) is 1.95. The van der Waals surface area contributed by atoms with Gasteiger partial charge in [0.1, 0.15) is 6.10 Å². The number of hydrogen-bond acceptors (Lipinski definition) is 2. The average Bonchev–Trinajstić information content (AvgIpc) is 2.34. The Morgan fingerprint density at radius 2 is 2.42 bits per heavy atom. The molecule has 2 atom stereocenters. The van der Waals surface area contributed by atoms with Crippen LogP contribution in [0.1, 0.15) is 26.7 Å². The van der Waals surface area contributed by atoms with Gasteiger partial charge in [-0.15, -0.1) is 6.58 Å². The lowest BCUT2D eigenvalue weighted by Crippen LogP contribution is -2.16. The molecular formula is C10H16O2. The zero-order valence-corrected chi connectivity index (χ0v) is 7.75. The van der Waals surface area contributed by atoms with Crippen LogP contribution in [0.2, 0.25) is 0 Å². The van der Waals surface area contributed by atoms with Crippen LogP contribution in [0.15, 0.2) is 12.7 Å². The van der Waals surface area contributed by atoms with Crippen LogP contribution in [0.25, 0.3) is 0 Å². The first kappa shape index (κ1) is 9.46. The van der Waals surface area contributed by atoms with E-state index < -0.39 is 0 Å². The fourth-order valence-electron chi connectivity index (χ4n) is 1.40. The summed E-state index contributed by atoms with van der Waals surface area (Å²) < 4.78 is 5.55. The first-order valence-electron chi connectivity index (χ1n) is 4.44. The molecule has 0 aromatic rings. The predicted octanol–water partition coefficient (Wildman–Crippen LogP) is 1.95. The molecule has 1 aliphatic rings. The van der Waals surface area contributed by atoms with E-state index in [0.717, 1.165) is 0 Å². The number of carbonyl (C=O) groups is 1. The zero-order valence-electron chi connectivity index (χ0n) is 7.75. The molecule has 2 heteroatoms. The highest BCUT2D eigenvalue weighted by atomic mass is 16.5. The van der Waals surface area contributed by atoms with Crippen molar-refractivity contribution >= 4 is 5.78 Å². The molecule has 0 bridgehead atoms. The molecule has 1 saturated heterocycles. The Bertz CT molecular complexity index is 184. The molecule has 12 heavy (non-hydrogen) atoms. The molecule has 1 heterocycles. The maximum Gasteiger partial charge on any atom is 0.164 e. The summed E-state index contributed by atoms with van der Waals surface area (Å²) in [6.45, 7) is 7.75. The SMILES string of the molecule is C=CC[C@H]1O[C@H](C(C)C)CC1=O. The fourth-order valence-corrected chi connectivity index (χ4v) is 1.40. The molecule has 68 valence electrons. The number of rotatable bonds is 3. The van der Waals surface area contributed by atoms with E-state index in [0.29, 0.717) is 18.8 Å². The molecule has 0 N–H and O–H groups in total. The molecule has 1 fully saturated rings. The molecule has 0 unspecified atom stereocenters. The lowest BCUT2D eigenvalue weighted by Gasteiger charge is -2.14. The maximum absolute atomic E-state index is 11.3. The quantitative estimate of drug-likeness (QED) is 0.602. The molecule has 1 rings (SSSR count). The van der Waals surface area contributed by atoms with Gasteiger partial charge in [-0.1, -0.05) is 19.9 Å². The van der Waals surface area contributed by atoms with Crippen LogP contribution in [0.3, 0.4) is 0 Å². The van der Waals surface area contributed by atoms with E-state index in [1.54, 1.807) is 6.08 Å². The van der Waals surface area contributed by atoms with Crippen molar-refractivity contribution in [3.05, 3.63) is 12.7 Å². The van der Waals surface area contributed by atoms with Gasteiger partial charge >= 0.3 is 0 Å². The molecule has 0 aromatic heterocycles. The van der Waals surface area contributed by atoms with Gasteiger partial charge in [-0.3, -0.25) is 4.79 Å². The van der Waals surface area contributed by atoms with E-state index in [1.165, 1.54) is 0 Å². The number of Topliss-reactive ketones (excluding diaryl/α,β-unsaturated/α-hetero) is 1. The molecule has 1 aliphatic heterocycles. The molecular weight excluding hydrogens is 152 g/mol. The van der Waals surface area contributed by atoms with Gasteiger partial charge in [0, 0.05) is 6.42 Å². The summed E-state index contributed by atoms with van der Waals surface area (Å²) >= 11 is 0. The van der Waals surface area contributed by atoms with Crippen molar-refractivity contribution in [2.45, 2.75) is 38.9 Å². The van der Waals surface area contributed by atoms with E-state index in [-0.39, 0.29) is 18.0 Å². The van der Waals surface area contributed by atoms with Crippen LogP contribution in [0.4, 0.5) is 0 Å². The van der Waals surface area contributed by atoms with Crippen molar-refractivity contribution in [1.29, 1.82) is 0 Å². The summed E-state index contributed by atoms with van der Waals surface area (Å²) in [4.78, 5) is 11.3. The smallest absolute Gasteiger partial charge is 0.164 e. The Morgan fingerprint density at radius 3 is 2.83 bits per heavy atom. The highest BCUT2D eigenvalue weighted by molar-refractivity contribution is 5.85. The van der Waals surface area contributed by atoms with Crippen molar-refractivity contribution in [2.75, 3.05) is 0 Å². The summed E-state index contributed by atoms with van der Waals surface area (Å²) in [5.74, 6) is 0.664. The minimum atomic E-state index is -0.213. The first-order valence-corrected chi connectivity index (χ1v) is 4.44. The van der Waals surface area contributed by atoms with Gasteiger partial charge in [0.15, 0.2) is 5.78 Å². The van der Waals surface area contributed by atoms with Crippen LogP contribution >= 0.6 is 0 Å². The summed E-state index contributed by atoms with van der Waals surface area (Å²) in [5.41, 5.74) is 0. The van der Waals surface area contributed by atoms with Gasteiger partial charge < -0.3 is 4.74 Å². The monoisotopic (exact) mass is 168 g/mol. The van der Waals surface area contributed by atoms with Gasteiger partial charge in [-0.05, 0) is 12.3 Å². The normalized spacial score (nSPS) is 29.8. The van der Waals surface area contributed by atoms with Crippen molar-refractivity contribution in [2.24, 2.45) is 5.92 Å². The third-order valence-corrected chi connectivity index (χ3v) is 2.22. The van der Waals surface area contributed by atoms with Crippen LogP contribution in [-0.4, -0.2) is 18.0 Å². The second kappa shape index (κ2) is 3.85. The lowest BCUT2D eigenvalue weighted by atomic mass is 10.0. The van der Waals surface area contributed by atoms with Gasteiger partial charge in [0.05, 0.1) is 6.10 Å². The highest BCUT2D eigenvalue weighted by Crippen LogP contribution is 2.24. The molecule has 0 saturated carbocycles. The molecule has 0 aromatic carbocycles. The third-order valence-electron chi connectivity index (χ3n) is 2.22. The second-order valence-electron chi connectivity index (χ2n) is 3.60. The average molecular weight is 168 g/mol. The Kier molecular flexibility index (Phi) is 3.04. The molecule has 0 radical (unpaired) electrons. The molecule has 0 aliphatic carbocycles. The number of ether oxygens (including phenoxy) is 1. The van der Waals surface area contributed by atoms with Gasteiger partial charge in [-0.25, -0.2) is 0 Å². The number of hydrogen-bond donors (Lipinski definition) is 0. The largest absolute Gasteiger partial charge is 0.366 e. The van der Waals surface area contributed by atoms with Crippen molar-refractivity contribution in [3.63, 3.8) is 0 Å². The fraction of sp³-hybridized carbons (Fsp3) is 0.700. The predicted molar refractivity (Wildman–Crippen MR) is 47.9 cm³/mol. The summed E-state index contributed by atoms with van der Waals surface area (Å²) in [6.07, 6.45) is 2.89.